The highest BCUT2D eigenvalue weighted by atomic mass is 31.2. The molecule has 1 unspecified atom stereocenters. The molecule has 25 heavy (non-hydrogen) atoms. The molecule has 0 aliphatic carbocycles. The average molecular weight is 354 g/mol. The third-order valence-electron chi connectivity index (χ3n) is 4.61. The van der Waals surface area contributed by atoms with Crippen molar-refractivity contribution in [3.8, 4) is 5.75 Å². The quantitative estimate of drug-likeness (QED) is 0.785. The van der Waals surface area contributed by atoms with Crippen LogP contribution in [0.4, 0.5) is 5.69 Å². The minimum Gasteiger partial charge on any atom is -0.436 e. The lowest BCUT2D eigenvalue weighted by molar-refractivity contribution is -0.127. The van der Waals surface area contributed by atoms with E-state index in [4.69, 9.17) is 4.52 Å². The largest absolute Gasteiger partial charge is 0.436 e. The van der Waals surface area contributed by atoms with Crippen molar-refractivity contribution >= 4 is 26.0 Å². The molecule has 2 aromatic rings. The SMILES string of the molecule is Cc1cccc(C)c1N1C(=O)[C@@H]2CCC(=O)N2P1Oc1ccccc1. The highest BCUT2D eigenvalue weighted by Gasteiger charge is 2.55. The number of aryl methyl sites for hydroxylation is 2. The Hall–Kier alpha value is -2.39. The number of nitrogens with zero attached hydrogens (tertiary/aromatic N) is 2. The van der Waals surface area contributed by atoms with Crippen LogP contribution in [-0.4, -0.2) is 22.5 Å². The molecule has 0 N–H and O–H groups in total. The first-order chi connectivity index (χ1) is 12.1. The van der Waals surface area contributed by atoms with Crippen LogP contribution >= 0.6 is 8.45 Å². The van der Waals surface area contributed by atoms with Crippen LogP contribution in [0.2, 0.25) is 0 Å². The number of anilines is 1. The van der Waals surface area contributed by atoms with Crippen molar-refractivity contribution < 1.29 is 14.1 Å². The highest BCUT2D eigenvalue weighted by molar-refractivity contribution is 7.55. The Morgan fingerprint density at radius 1 is 1.00 bits per heavy atom. The van der Waals surface area contributed by atoms with Gasteiger partial charge in [-0.1, -0.05) is 36.4 Å². The number of rotatable bonds is 3. The van der Waals surface area contributed by atoms with E-state index in [-0.39, 0.29) is 11.8 Å². The zero-order valence-electron chi connectivity index (χ0n) is 14.2. The van der Waals surface area contributed by atoms with E-state index in [2.05, 4.69) is 0 Å². The third kappa shape index (κ3) is 2.59. The van der Waals surface area contributed by atoms with Gasteiger partial charge in [-0.25, -0.2) is 4.67 Å². The van der Waals surface area contributed by atoms with E-state index >= 15 is 0 Å². The molecule has 2 heterocycles. The molecule has 0 bridgehead atoms. The maximum Gasteiger partial charge on any atom is 0.320 e. The van der Waals surface area contributed by atoms with E-state index < -0.39 is 14.5 Å². The van der Waals surface area contributed by atoms with Gasteiger partial charge in [0, 0.05) is 6.42 Å². The van der Waals surface area contributed by atoms with Crippen LogP contribution in [0.25, 0.3) is 0 Å². The molecular formula is C19H19N2O3P. The minimum atomic E-state index is -1.55. The van der Waals surface area contributed by atoms with E-state index in [9.17, 15) is 9.59 Å². The number of carbonyl (C=O) groups excluding carboxylic acids is 2. The second-order valence-corrected chi connectivity index (χ2v) is 7.86. The van der Waals surface area contributed by atoms with Crippen LogP contribution < -0.4 is 9.19 Å². The first-order valence-electron chi connectivity index (χ1n) is 8.33. The summed E-state index contributed by atoms with van der Waals surface area (Å²) >= 11 is 0. The van der Waals surface area contributed by atoms with Crippen LogP contribution in [-0.2, 0) is 9.59 Å². The van der Waals surface area contributed by atoms with Crippen molar-refractivity contribution in [3.05, 3.63) is 59.7 Å². The highest BCUT2D eigenvalue weighted by Crippen LogP contribution is 2.58. The minimum absolute atomic E-state index is 0.00544. The van der Waals surface area contributed by atoms with Crippen molar-refractivity contribution in [2.45, 2.75) is 32.7 Å². The van der Waals surface area contributed by atoms with Gasteiger partial charge >= 0.3 is 8.45 Å². The Balaban J connectivity index is 1.80. The summed E-state index contributed by atoms with van der Waals surface area (Å²) in [5, 5.41) is 0. The summed E-state index contributed by atoms with van der Waals surface area (Å²) in [6, 6.07) is 14.9. The molecule has 128 valence electrons. The molecule has 5 nitrogen and oxygen atoms in total. The summed E-state index contributed by atoms with van der Waals surface area (Å²) in [5.74, 6) is 0.623. The van der Waals surface area contributed by atoms with Crippen LogP contribution in [0, 0.1) is 13.8 Å². The maximum absolute atomic E-state index is 13.1. The van der Waals surface area contributed by atoms with Gasteiger partial charge in [-0.2, -0.15) is 0 Å². The van der Waals surface area contributed by atoms with E-state index in [1.54, 1.807) is 9.34 Å². The summed E-state index contributed by atoms with van der Waals surface area (Å²) < 4.78 is 9.56. The van der Waals surface area contributed by atoms with Gasteiger partial charge in [-0.05, 0) is 43.5 Å². The standard InChI is InChI=1S/C19H19N2O3P/c1-13-7-6-8-14(2)18(13)21-19(23)16-11-12-17(22)20(16)25(21)24-15-9-4-3-5-10-15/h3-10,16H,11-12H2,1-2H3/t16-,25?/m0/s1. The number of amides is 2. The van der Waals surface area contributed by atoms with Crippen LogP contribution in [0.15, 0.2) is 48.5 Å². The molecule has 2 aliphatic heterocycles. The van der Waals surface area contributed by atoms with Crippen molar-refractivity contribution in [1.29, 1.82) is 0 Å². The summed E-state index contributed by atoms with van der Waals surface area (Å²) in [6.07, 6.45) is 0.976. The third-order valence-corrected chi connectivity index (χ3v) is 6.60. The number of carbonyl (C=O) groups is 2. The molecule has 2 atom stereocenters. The number of fused-ring (bicyclic) bond motifs is 1. The molecule has 0 radical (unpaired) electrons. The molecule has 0 spiro atoms. The zero-order valence-corrected chi connectivity index (χ0v) is 15.1. The van der Waals surface area contributed by atoms with Gasteiger partial charge in [0.05, 0.1) is 5.69 Å². The summed E-state index contributed by atoms with van der Waals surface area (Å²) in [6.45, 7) is 3.97. The molecule has 0 saturated carbocycles. The molecule has 2 fully saturated rings. The molecular weight excluding hydrogens is 335 g/mol. The topological polar surface area (TPSA) is 49.9 Å². The lowest BCUT2D eigenvalue weighted by Gasteiger charge is -2.29. The molecule has 2 amide bonds. The molecule has 2 saturated heterocycles. The van der Waals surface area contributed by atoms with E-state index in [1.165, 1.54) is 0 Å². The van der Waals surface area contributed by atoms with Crippen molar-refractivity contribution in [3.63, 3.8) is 0 Å². The molecule has 2 aromatic carbocycles. The van der Waals surface area contributed by atoms with Gasteiger partial charge < -0.3 is 4.52 Å². The molecule has 4 rings (SSSR count). The predicted octanol–water partition coefficient (Wildman–Crippen LogP) is 3.95. The van der Waals surface area contributed by atoms with Gasteiger partial charge in [-0.3, -0.25) is 14.3 Å². The fraction of sp³-hybridized carbons (Fsp3) is 0.263. The summed E-state index contributed by atoms with van der Waals surface area (Å²) in [4.78, 5) is 25.5. The Kier molecular flexibility index (Phi) is 3.97. The van der Waals surface area contributed by atoms with Crippen LogP contribution in [0.5, 0.6) is 5.75 Å². The average Bonchev–Trinajstić information content (AvgIpc) is 3.10. The molecule has 6 heteroatoms. The number of para-hydroxylation sites is 2. The van der Waals surface area contributed by atoms with Gasteiger partial charge in [0.15, 0.2) is 0 Å². The Morgan fingerprint density at radius 2 is 1.68 bits per heavy atom. The Bertz CT molecular complexity index is 820. The van der Waals surface area contributed by atoms with E-state index in [1.807, 2.05) is 62.4 Å². The van der Waals surface area contributed by atoms with Gasteiger partial charge in [0.2, 0.25) is 5.91 Å². The van der Waals surface area contributed by atoms with E-state index in [0.717, 1.165) is 16.8 Å². The zero-order chi connectivity index (χ0) is 17.6. The summed E-state index contributed by atoms with van der Waals surface area (Å²) in [7, 11) is -1.55. The maximum atomic E-state index is 13.1. The van der Waals surface area contributed by atoms with Crippen molar-refractivity contribution in [1.82, 2.24) is 4.67 Å². The normalized spacial score (nSPS) is 22.5. The number of hydrogen-bond acceptors (Lipinski definition) is 3. The second-order valence-electron chi connectivity index (χ2n) is 6.34. The van der Waals surface area contributed by atoms with Crippen LogP contribution in [0.3, 0.4) is 0 Å². The lowest BCUT2D eigenvalue weighted by atomic mass is 10.1. The summed E-state index contributed by atoms with van der Waals surface area (Å²) in [5.41, 5.74) is 2.87. The van der Waals surface area contributed by atoms with Crippen molar-refractivity contribution in [2.24, 2.45) is 0 Å². The monoisotopic (exact) mass is 354 g/mol. The second kappa shape index (κ2) is 6.16. The van der Waals surface area contributed by atoms with Gasteiger partial charge in [0.25, 0.3) is 5.91 Å². The molecule has 2 aliphatic rings. The van der Waals surface area contributed by atoms with Gasteiger partial charge in [0.1, 0.15) is 11.8 Å². The fourth-order valence-corrected chi connectivity index (χ4v) is 5.64. The number of hydrogen-bond donors (Lipinski definition) is 0. The Morgan fingerprint density at radius 3 is 2.36 bits per heavy atom. The van der Waals surface area contributed by atoms with Crippen molar-refractivity contribution in [2.75, 3.05) is 4.67 Å². The fourth-order valence-electron chi connectivity index (χ4n) is 3.43. The predicted molar refractivity (Wildman–Crippen MR) is 97.3 cm³/mol. The van der Waals surface area contributed by atoms with E-state index in [0.29, 0.717) is 18.6 Å². The molecule has 0 aromatic heterocycles. The lowest BCUT2D eigenvalue weighted by Crippen LogP contribution is -2.29. The van der Waals surface area contributed by atoms with Crippen LogP contribution in [0.1, 0.15) is 24.0 Å². The first kappa shape index (κ1) is 16.1. The van der Waals surface area contributed by atoms with Gasteiger partial charge in [-0.15, -0.1) is 0 Å². The number of benzene rings is 2. The smallest absolute Gasteiger partial charge is 0.320 e. The first-order valence-corrected chi connectivity index (χ1v) is 9.49. The Labute approximate surface area is 148 Å².